The molecule has 1 heterocycles. The standard InChI is InChI=1S/C16H15Cl2NO2/c17-12-7-6-11(13(18)9-12)8-14-16(20)21-15(19-14)10-4-2-1-3-5-10/h6-10H,1-5H2/b14-8-. The molecule has 3 nitrogen and oxygen atoms in total. The molecule has 0 spiro atoms. The molecule has 0 unspecified atom stereocenters. The Morgan fingerprint density at radius 2 is 1.95 bits per heavy atom. The molecular weight excluding hydrogens is 309 g/mol. The molecular formula is C16H15Cl2NO2. The van der Waals surface area contributed by atoms with Gasteiger partial charge in [-0.2, -0.15) is 0 Å². The Balaban J connectivity index is 1.85. The summed E-state index contributed by atoms with van der Waals surface area (Å²) < 4.78 is 5.32. The van der Waals surface area contributed by atoms with E-state index in [-0.39, 0.29) is 5.92 Å². The van der Waals surface area contributed by atoms with Crippen molar-refractivity contribution in [1.29, 1.82) is 0 Å². The van der Waals surface area contributed by atoms with Crippen LogP contribution in [0.15, 0.2) is 28.9 Å². The van der Waals surface area contributed by atoms with E-state index in [0.717, 1.165) is 12.8 Å². The summed E-state index contributed by atoms with van der Waals surface area (Å²) in [6.07, 6.45) is 7.33. The van der Waals surface area contributed by atoms with E-state index < -0.39 is 5.97 Å². The highest BCUT2D eigenvalue weighted by molar-refractivity contribution is 6.35. The topological polar surface area (TPSA) is 38.7 Å². The molecule has 110 valence electrons. The summed E-state index contributed by atoms with van der Waals surface area (Å²) >= 11 is 12.0. The number of hydrogen-bond donors (Lipinski definition) is 0. The Hall–Kier alpha value is -1.32. The fraction of sp³-hybridized carbons (Fsp3) is 0.375. The number of rotatable bonds is 2. The maximum atomic E-state index is 11.9. The quantitative estimate of drug-likeness (QED) is 0.575. The zero-order chi connectivity index (χ0) is 14.8. The summed E-state index contributed by atoms with van der Waals surface area (Å²) in [5.41, 5.74) is 1.02. The first kappa shape index (κ1) is 14.6. The van der Waals surface area contributed by atoms with Gasteiger partial charge in [0.1, 0.15) is 0 Å². The van der Waals surface area contributed by atoms with Crippen molar-refractivity contribution in [3.05, 3.63) is 39.5 Å². The fourth-order valence-electron chi connectivity index (χ4n) is 2.72. The van der Waals surface area contributed by atoms with Gasteiger partial charge in [-0.25, -0.2) is 9.79 Å². The van der Waals surface area contributed by atoms with Crippen molar-refractivity contribution >= 4 is 41.1 Å². The first-order valence-electron chi connectivity index (χ1n) is 7.11. The molecule has 1 saturated carbocycles. The molecule has 0 atom stereocenters. The third-order valence-corrected chi connectivity index (χ3v) is 4.41. The highest BCUT2D eigenvalue weighted by Gasteiger charge is 2.30. The molecule has 1 aliphatic carbocycles. The van der Waals surface area contributed by atoms with Gasteiger partial charge in [-0.3, -0.25) is 0 Å². The van der Waals surface area contributed by atoms with E-state index in [1.165, 1.54) is 19.3 Å². The van der Waals surface area contributed by atoms with Gasteiger partial charge < -0.3 is 4.74 Å². The molecule has 1 aromatic rings. The van der Waals surface area contributed by atoms with Gasteiger partial charge in [-0.15, -0.1) is 0 Å². The second kappa shape index (κ2) is 6.20. The lowest BCUT2D eigenvalue weighted by Crippen LogP contribution is -2.19. The van der Waals surface area contributed by atoms with Gasteiger partial charge in [0, 0.05) is 16.0 Å². The van der Waals surface area contributed by atoms with E-state index in [0.29, 0.717) is 27.2 Å². The number of hydrogen-bond acceptors (Lipinski definition) is 3. The Kier molecular flexibility index (Phi) is 4.32. The Labute approximate surface area is 133 Å². The normalized spacial score (nSPS) is 21.5. The largest absolute Gasteiger partial charge is 0.406 e. The van der Waals surface area contributed by atoms with Crippen molar-refractivity contribution in [2.24, 2.45) is 10.9 Å². The average molecular weight is 324 g/mol. The molecule has 1 fully saturated rings. The predicted molar refractivity (Wildman–Crippen MR) is 84.5 cm³/mol. The molecule has 0 saturated heterocycles. The van der Waals surface area contributed by atoms with Crippen LogP contribution in [-0.4, -0.2) is 11.9 Å². The summed E-state index contributed by atoms with van der Waals surface area (Å²) in [4.78, 5) is 16.3. The van der Waals surface area contributed by atoms with Crippen LogP contribution in [0.5, 0.6) is 0 Å². The molecule has 0 N–H and O–H groups in total. The summed E-state index contributed by atoms with van der Waals surface area (Å²) in [5.74, 6) is 0.437. The zero-order valence-corrected chi connectivity index (χ0v) is 13.0. The maximum absolute atomic E-state index is 11.9. The second-order valence-corrected chi connectivity index (χ2v) is 6.21. The highest BCUT2D eigenvalue weighted by Crippen LogP contribution is 2.30. The number of nitrogens with zero attached hydrogens (tertiary/aromatic N) is 1. The maximum Gasteiger partial charge on any atom is 0.363 e. The van der Waals surface area contributed by atoms with Gasteiger partial charge in [0.2, 0.25) is 5.90 Å². The van der Waals surface area contributed by atoms with Crippen LogP contribution in [0.2, 0.25) is 10.0 Å². The third-order valence-electron chi connectivity index (χ3n) is 3.85. The number of carbonyl (C=O) groups is 1. The second-order valence-electron chi connectivity index (χ2n) is 5.37. The minimum atomic E-state index is -0.401. The van der Waals surface area contributed by atoms with Gasteiger partial charge >= 0.3 is 5.97 Å². The predicted octanol–water partition coefficient (Wildman–Crippen LogP) is 4.87. The van der Waals surface area contributed by atoms with Crippen LogP contribution < -0.4 is 0 Å². The molecule has 1 aromatic carbocycles. The van der Waals surface area contributed by atoms with Crippen molar-refractivity contribution in [3.8, 4) is 0 Å². The van der Waals surface area contributed by atoms with E-state index >= 15 is 0 Å². The van der Waals surface area contributed by atoms with Gasteiger partial charge in [-0.1, -0.05) is 48.5 Å². The monoisotopic (exact) mass is 323 g/mol. The Bertz CT molecular complexity index is 631. The summed E-state index contributed by atoms with van der Waals surface area (Å²) in [6, 6.07) is 5.13. The number of ether oxygens (including phenoxy) is 1. The van der Waals surface area contributed by atoms with E-state index in [4.69, 9.17) is 27.9 Å². The van der Waals surface area contributed by atoms with Gasteiger partial charge in [-0.05, 0) is 36.6 Å². The number of esters is 1. The molecule has 3 rings (SSSR count). The summed E-state index contributed by atoms with van der Waals surface area (Å²) in [6.45, 7) is 0. The van der Waals surface area contributed by atoms with Crippen LogP contribution in [0.3, 0.4) is 0 Å². The van der Waals surface area contributed by atoms with Gasteiger partial charge in [0.25, 0.3) is 0 Å². The van der Waals surface area contributed by atoms with Crippen LogP contribution in [0.4, 0.5) is 0 Å². The third kappa shape index (κ3) is 3.30. The SMILES string of the molecule is O=C1OC(C2CCCCC2)=N/C1=C\c1ccc(Cl)cc1Cl. The number of benzene rings is 1. The average Bonchev–Trinajstić information content (AvgIpc) is 2.84. The van der Waals surface area contributed by atoms with Crippen molar-refractivity contribution < 1.29 is 9.53 Å². The minimum Gasteiger partial charge on any atom is -0.406 e. The number of halogens is 2. The van der Waals surface area contributed by atoms with E-state index in [9.17, 15) is 4.79 Å². The van der Waals surface area contributed by atoms with Crippen LogP contribution in [0.1, 0.15) is 37.7 Å². The number of aliphatic imine (C=N–C) groups is 1. The lowest BCUT2D eigenvalue weighted by molar-refractivity contribution is -0.130. The zero-order valence-electron chi connectivity index (χ0n) is 11.4. The lowest BCUT2D eigenvalue weighted by Gasteiger charge is -2.19. The first-order chi connectivity index (χ1) is 10.1. The molecule has 1 aliphatic heterocycles. The van der Waals surface area contributed by atoms with Crippen molar-refractivity contribution in [3.63, 3.8) is 0 Å². The molecule has 5 heteroatoms. The van der Waals surface area contributed by atoms with Crippen LogP contribution in [0, 0.1) is 5.92 Å². The molecule has 2 aliphatic rings. The van der Waals surface area contributed by atoms with Crippen molar-refractivity contribution in [2.45, 2.75) is 32.1 Å². The fourth-order valence-corrected chi connectivity index (χ4v) is 3.18. The van der Waals surface area contributed by atoms with Crippen LogP contribution in [0.25, 0.3) is 6.08 Å². The van der Waals surface area contributed by atoms with Crippen molar-refractivity contribution in [1.82, 2.24) is 0 Å². The molecule has 0 amide bonds. The van der Waals surface area contributed by atoms with Crippen LogP contribution >= 0.6 is 23.2 Å². The van der Waals surface area contributed by atoms with E-state index in [1.54, 1.807) is 24.3 Å². The smallest absolute Gasteiger partial charge is 0.363 e. The van der Waals surface area contributed by atoms with Gasteiger partial charge in [0.15, 0.2) is 5.70 Å². The summed E-state index contributed by atoms with van der Waals surface area (Å²) in [5, 5.41) is 1.05. The molecule has 0 aromatic heterocycles. The minimum absolute atomic E-state index is 0.272. The van der Waals surface area contributed by atoms with Gasteiger partial charge in [0.05, 0.1) is 0 Å². The summed E-state index contributed by atoms with van der Waals surface area (Å²) in [7, 11) is 0. The Morgan fingerprint density at radius 3 is 2.67 bits per heavy atom. The van der Waals surface area contributed by atoms with E-state index in [2.05, 4.69) is 4.99 Å². The van der Waals surface area contributed by atoms with E-state index in [1.807, 2.05) is 0 Å². The molecule has 0 radical (unpaired) electrons. The number of carbonyl (C=O) groups excluding carboxylic acids is 1. The lowest BCUT2D eigenvalue weighted by atomic mass is 9.89. The highest BCUT2D eigenvalue weighted by atomic mass is 35.5. The van der Waals surface area contributed by atoms with Crippen molar-refractivity contribution in [2.75, 3.05) is 0 Å². The number of cyclic esters (lactones) is 1. The van der Waals surface area contributed by atoms with Crippen LogP contribution in [-0.2, 0) is 9.53 Å². The molecule has 0 bridgehead atoms. The Morgan fingerprint density at radius 1 is 1.19 bits per heavy atom. The molecule has 21 heavy (non-hydrogen) atoms. The first-order valence-corrected chi connectivity index (χ1v) is 7.86.